The van der Waals surface area contributed by atoms with Gasteiger partial charge in [-0.25, -0.2) is 15.0 Å². The average molecular weight is 1400 g/mol. The van der Waals surface area contributed by atoms with E-state index >= 15 is 0 Å². The molecule has 0 amide bonds. The lowest BCUT2D eigenvalue weighted by Crippen LogP contribution is -2.61. The third-order valence-electron chi connectivity index (χ3n) is 20.5. The monoisotopic (exact) mass is 1400 g/mol. The molecule has 2 aliphatic rings. The Labute approximate surface area is 663 Å². The smallest absolute Gasteiger partial charge is 0.252 e. The summed E-state index contributed by atoms with van der Waals surface area (Å²) in [7, 11) is 0. The molecule has 107 heavy (non-hydrogen) atoms. The molecular weight excluding hydrogens is 1300 g/mol. The van der Waals surface area contributed by atoms with Crippen molar-refractivity contribution in [1.82, 2.24) is 24.1 Å². The first kappa shape index (κ1) is 43.0. The Morgan fingerprint density at radius 1 is 0.290 bits per heavy atom. The highest BCUT2D eigenvalue weighted by Gasteiger charge is 2.47. The van der Waals surface area contributed by atoms with Gasteiger partial charge >= 0.3 is 0 Å². The number of aromatic nitrogens is 5. The molecule has 0 N–H and O–H groups in total. The van der Waals surface area contributed by atoms with Crippen LogP contribution in [0.3, 0.4) is 0 Å². The predicted molar refractivity (Wildman–Crippen MR) is 451 cm³/mol. The van der Waals surface area contributed by atoms with Gasteiger partial charge in [-0.1, -0.05) is 298 Å². The molecule has 0 radical (unpaired) electrons. The molecule has 514 valence electrons. The summed E-state index contributed by atoms with van der Waals surface area (Å²) in [5, 5.41) is -0.755. The highest BCUT2D eigenvalue weighted by Crippen LogP contribution is 2.56. The van der Waals surface area contributed by atoms with Crippen LogP contribution in [-0.4, -0.2) is 30.8 Å². The minimum Gasteiger partial charge on any atom is -0.310 e. The van der Waals surface area contributed by atoms with Crippen molar-refractivity contribution in [2.24, 2.45) is 0 Å². The van der Waals surface area contributed by atoms with Gasteiger partial charge in [-0.2, -0.15) is 0 Å². The first-order valence-corrected chi connectivity index (χ1v) is 35.3. The van der Waals surface area contributed by atoms with E-state index in [1.54, 1.807) is 18.2 Å². The molecule has 0 bridgehead atoms. The summed E-state index contributed by atoms with van der Waals surface area (Å²) in [6, 6.07) is 34.7. The Kier molecular flexibility index (Phi) is 10.0. The molecule has 8 heteroatoms. The van der Waals surface area contributed by atoms with Crippen LogP contribution >= 0.6 is 0 Å². The highest BCUT2D eigenvalue weighted by atomic mass is 15.2. The Bertz CT molecular complexity index is 7680. The molecule has 2 aliphatic heterocycles. The summed E-state index contributed by atoms with van der Waals surface area (Å²) in [6.07, 6.45) is 0. The van der Waals surface area contributed by atoms with Crippen LogP contribution in [0.5, 0.6) is 0 Å². The van der Waals surface area contributed by atoms with E-state index in [4.69, 9.17) is 25.9 Å². The van der Waals surface area contributed by atoms with Gasteiger partial charge in [0.15, 0.2) is 17.5 Å². The van der Waals surface area contributed by atoms with Crippen LogP contribution in [0.4, 0.5) is 34.1 Å². The van der Waals surface area contributed by atoms with E-state index in [1.807, 2.05) is 168 Å². The molecule has 19 rings (SSSR count). The fourth-order valence-electron chi connectivity index (χ4n) is 15.3. The fourth-order valence-corrected chi connectivity index (χ4v) is 15.3. The summed E-state index contributed by atoms with van der Waals surface area (Å²) in [4.78, 5) is 19.5. The average Bonchev–Trinajstić information content (AvgIpc) is 1.21. The third-order valence-corrected chi connectivity index (χ3v) is 20.5. The van der Waals surface area contributed by atoms with E-state index in [0.29, 0.717) is 61.4 Å². The van der Waals surface area contributed by atoms with Crippen LogP contribution in [0.2, 0.25) is 0 Å². The number of para-hydroxylation sites is 4. The minimum atomic E-state index is -1.03. The van der Waals surface area contributed by atoms with Crippen molar-refractivity contribution < 1.29 is 35.6 Å². The Morgan fingerprint density at radius 3 is 0.953 bits per heavy atom. The first-order chi connectivity index (χ1) is 62.8. The summed E-state index contributed by atoms with van der Waals surface area (Å²) >= 11 is 0. The summed E-state index contributed by atoms with van der Waals surface area (Å²) in [6.45, 7) is 17.4. The molecule has 5 heterocycles. The molecule has 17 aromatic rings. The van der Waals surface area contributed by atoms with Gasteiger partial charge in [-0.15, -0.1) is 0 Å². The molecule has 0 saturated heterocycles. The fraction of sp³-hybridized carbons (Fsp3) is 0.121. The topological polar surface area (TPSA) is 55.0 Å². The number of nitrogens with zero attached hydrogens (tertiary/aromatic N) is 7. The van der Waals surface area contributed by atoms with Crippen molar-refractivity contribution >= 4 is 101 Å². The summed E-state index contributed by atoms with van der Waals surface area (Å²) in [5.74, 6) is -1.47. The maximum absolute atomic E-state index is 9.98. The van der Waals surface area contributed by atoms with E-state index in [2.05, 4.69) is 49.9 Å². The van der Waals surface area contributed by atoms with Crippen molar-refractivity contribution in [1.29, 1.82) is 0 Å². The van der Waals surface area contributed by atoms with Crippen molar-refractivity contribution in [2.45, 2.75) is 78.6 Å². The van der Waals surface area contributed by atoms with Crippen LogP contribution in [0.15, 0.2) is 321 Å². The maximum Gasteiger partial charge on any atom is 0.252 e. The first-order valence-electron chi connectivity index (χ1n) is 48.3. The van der Waals surface area contributed by atoms with Crippen molar-refractivity contribution in [3.63, 3.8) is 0 Å². The molecule has 0 atom stereocenters. The lowest BCUT2D eigenvalue weighted by atomic mass is 9.33. The zero-order valence-corrected chi connectivity index (χ0v) is 59.8. The quantitative estimate of drug-likeness (QED) is 0.128. The highest BCUT2D eigenvalue weighted by molar-refractivity contribution is 7.00. The maximum atomic E-state index is 9.98. The van der Waals surface area contributed by atoms with Crippen LogP contribution < -0.4 is 26.2 Å². The van der Waals surface area contributed by atoms with Gasteiger partial charge in [0, 0.05) is 89.0 Å². The summed E-state index contributed by atoms with van der Waals surface area (Å²) < 4.78 is 248. The lowest BCUT2D eigenvalue weighted by Gasteiger charge is -2.46. The van der Waals surface area contributed by atoms with E-state index in [-0.39, 0.29) is 77.7 Å². The molecule has 0 fully saturated rings. The number of hydrogen-bond acceptors (Lipinski definition) is 5. The molecule has 0 saturated carbocycles. The van der Waals surface area contributed by atoms with Crippen LogP contribution in [-0.2, 0) is 16.2 Å². The Balaban J connectivity index is 1.07. The molecule has 3 aromatic heterocycles. The zero-order valence-electron chi connectivity index (χ0n) is 85.8. The van der Waals surface area contributed by atoms with Crippen molar-refractivity contribution in [3.8, 4) is 78.9 Å². The largest absolute Gasteiger partial charge is 0.310 e. The number of rotatable bonds is 10. The van der Waals surface area contributed by atoms with E-state index in [9.17, 15) is 24.7 Å². The van der Waals surface area contributed by atoms with Crippen LogP contribution in [0.25, 0.3) is 123 Å². The molecular formula is C99H80BN7. The minimum absolute atomic E-state index is 0.0862. The second kappa shape index (κ2) is 25.0. The third kappa shape index (κ3) is 10.9. The van der Waals surface area contributed by atoms with Crippen LogP contribution in [0.1, 0.15) is 115 Å². The number of fused-ring (bicyclic) bond motifs is 10. The van der Waals surface area contributed by atoms with Crippen LogP contribution in [0, 0.1) is 0 Å². The van der Waals surface area contributed by atoms with E-state index < -0.39 is 203 Å². The Hall–Kier alpha value is -12.6. The molecule has 14 aromatic carbocycles. The Morgan fingerprint density at radius 2 is 0.598 bits per heavy atom. The zero-order chi connectivity index (χ0) is 95.2. The second-order valence-corrected chi connectivity index (χ2v) is 30.1. The predicted octanol–water partition coefficient (Wildman–Crippen LogP) is 24.0. The van der Waals surface area contributed by atoms with E-state index in [0.717, 1.165) is 27.8 Å². The standard InChI is InChI=1S/C99H80BN7/c1-97(2,3)68-55-77(63-33-15-10-16-34-63)92(78(56-68)64-35-17-11-18-36-64)106-87-61-71(104-83-47-29-25-43-73(83)74-44-26-30-48-84(74)104)51-53-81(87)100-82-54-52-72(105-85-49-31-27-45-75(85)76-46-28-32-50-86(76)105)62-88(82)107(90-60-70(99(7,8)9)59-89(106)91(90)100)93-79(65-37-19-12-20-38-65)57-69(98(4,5)6)58-80(93)96-102-94(66-39-21-13-22-40-66)101-95(103-96)67-41-23-14-24-42-67/h10-62H,1-9H3/i13D,14D,21D,22D,23D,24D,25D,26D,27D,28D,29D,30D,31D,32D,39D,40D,41D,42D,43D,44D,45D,46D,47D,48D,49D,50D. The van der Waals surface area contributed by atoms with Gasteiger partial charge in [0.25, 0.3) is 6.71 Å². The van der Waals surface area contributed by atoms with Crippen molar-refractivity contribution in [2.75, 3.05) is 9.80 Å². The molecule has 0 spiro atoms. The molecule has 7 nitrogen and oxygen atoms in total. The van der Waals surface area contributed by atoms with Gasteiger partial charge in [0.2, 0.25) is 0 Å². The SMILES string of the molecule is [2H]c1c([2H])c([2H])c(-c2nc(-c3cc(C(C)(C)C)cc(-c4ccccc4)c3N3c4cc(-n5c6c([2H])c([2H])c([2H])c([2H])c6c6c([2H])c([2H])c([2H])c([2H])c65)ccc4B4c5ccc(-n6c7c([2H])c([2H])c([2H])c([2H])c7c7c([2H])c([2H])c([2H])c([2H])c76)cc5N(c5c(-c6ccccc6)cc(C(C)(C)C)cc5-c5ccccc5)c5cc(C(C)(C)C)cc3c54)nc(-c3c([2H])c([2H])c([2H])c([2H])c3[2H])n2)c([2H])c1[2H]. The molecule has 0 unspecified atom stereocenters. The molecule has 0 aliphatic carbocycles. The van der Waals surface area contributed by atoms with Gasteiger partial charge in [-0.3, -0.25) is 0 Å². The number of benzene rings is 14. The number of anilines is 6. The van der Waals surface area contributed by atoms with Crippen molar-refractivity contribution in [3.05, 3.63) is 338 Å². The van der Waals surface area contributed by atoms with Gasteiger partial charge in [0.05, 0.1) is 69.1 Å². The van der Waals surface area contributed by atoms with Gasteiger partial charge in [-0.05, 0) is 151 Å². The van der Waals surface area contributed by atoms with E-state index in [1.165, 1.54) is 9.13 Å². The normalized spacial score (nSPS) is 16.3. The van der Waals surface area contributed by atoms with Gasteiger partial charge in [0.1, 0.15) is 0 Å². The van der Waals surface area contributed by atoms with Gasteiger partial charge < -0.3 is 18.9 Å². The number of hydrogen-bond donors (Lipinski definition) is 0. The summed E-state index contributed by atoms with van der Waals surface area (Å²) in [5.41, 5.74) is 6.59. The lowest BCUT2D eigenvalue weighted by molar-refractivity contribution is 0.590. The second-order valence-electron chi connectivity index (χ2n) is 30.1.